The second-order valence-electron chi connectivity index (χ2n) is 6.75. The number of para-hydroxylation sites is 1. The van der Waals surface area contributed by atoms with Crippen LogP contribution in [-0.4, -0.2) is 54.4 Å². The molecule has 2 aromatic carbocycles. The van der Waals surface area contributed by atoms with Gasteiger partial charge in [-0.3, -0.25) is 19.7 Å². The van der Waals surface area contributed by atoms with Crippen molar-refractivity contribution < 1.29 is 18.9 Å². The maximum absolute atomic E-state index is 13.9. The molecular formula is C20H21FN4O4. The van der Waals surface area contributed by atoms with Crippen molar-refractivity contribution in [1.29, 1.82) is 0 Å². The zero-order valence-corrected chi connectivity index (χ0v) is 15.9. The quantitative estimate of drug-likeness (QED) is 0.613. The van der Waals surface area contributed by atoms with Gasteiger partial charge in [-0.05, 0) is 25.1 Å². The van der Waals surface area contributed by atoms with Crippen LogP contribution in [0.15, 0.2) is 42.5 Å². The van der Waals surface area contributed by atoms with Gasteiger partial charge in [0, 0.05) is 43.5 Å². The zero-order chi connectivity index (χ0) is 21.0. The van der Waals surface area contributed by atoms with Crippen LogP contribution in [0.5, 0.6) is 0 Å². The van der Waals surface area contributed by atoms with Gasteiger partial charge in [-0.2, -0.15) is 0 Å². The summed E-state index contributed by atoms with van der Waals surface area (Å²) in [6.45, 7) is 3.42. The smallest absolute Gasteiger partial charge is 0.276 e. The van der Waals surface area contributed by atoms with Crippen molar-refractivity contribution in [3.8, 4) is 0 Å². The van der Waals surface area contributed by atoms with Gasteiger partial charge in [0.05, 0.1) is 17.0 Å². The average molecular weight is 400 g/mol. The molecule has 1 heterocycles. The van der Waals surface area contributed by atoms with E-state index >= 15 is 0 Å². The fourth-order valence-corrected chi connectivity index (χ4v) is 3.21. The number of piperazine rings is 1. The molecule has 0 atom stereocenters. The van der Waals surface area contributed by atoms with Gasteiger partial charge < -0.3 is 15.1 Å². The molecule has 1 saturated heterocycles. The molecule has 0 unspecified atom stereocenters. The number of hydrogen-bond acceptors (Lipinski definition) is 5. The molecule has 29 heavy (non-hydrogen) atoms. The molecule has 152 valence electrons. The monoisotopic (exact) mass is 400 g/mol. The van der Waals surface area contributed by atoms with Crippen LogP contribution in [0, 0.1) is 22.9 Å². The minimum absolute atomic E-state index is 0.140. The summed E-state index contributed by atoms with van der Waals surface area (Å²) in [5, 5.41) is 13.4. The number of carbonyl (C=O) groups is 2. The Balaban J connectivity index is 1.55. The van der Waals surface area contributed by atoms with Crippen molar-refractivity contribution in [3.05, 3.63) is 69.5 Å². The molecule has 8 nitrogen and oxygen atoms in total. The summed E-state index contributed by atoms with van der Waals surface area (Å²) in [6, 6.07) is 11.8. The highest BCUT2D eigenvalue weighted by Gasteiger charge is 2.23. The molecule has 1 aliphatic rings. The van der Waals surface area contributed by atoms with Crippen molar-refractivity contribution in [2.75, 3.05) is 37.6 Å². The van der Waals surface area contributed by atoms with Crippen molar-refractivity contribution in [1.82, 2.24) is 10.2 Å². The SMILES string of the molecule is Cc1c(F)cc(C(=O)NCC(=O)N2CCN(c3ccccc3)CC2)cc1[N+](=O)[O-]. The Kier molecular flexibility index (Phi) is 6.06. The molecule has 0 bridgehead atoms. The minimum atomic E-state index is -0.840. The standard InChI is InChI=1S/C20H21FN4O4/c1-14-17(21)11-15(12-18(14)25(28)29)20(27)22-13-19(26)24-9-7-23(8-10-24)16-5-3-2-4-6-16/h2-6,11-12H,7-10,13H2,1H3,(H,22,27). The van der Waals surface area contributed by atoms with E-state index in [9.17, 15) is 24.1 Å². The number of halogens is 1. The van der Waals surface area contributed by atoms with Gasteiger partial charge in [-0.1, -0.05) is 18.2 Å². The molecule has 0 radical (unpaired) electrons. The molecule has 3 rings (SSSR count). The topological polar surface area (TPSA) is 95.8 Å². The third-order valence-electron chi connectivity index (χ3n) is 4.93. The van der Waals surface area contributed by atoms with Crippen LogP contribution in [0.25, 0.3) is 0 Å². The molecule has 1 fully saturated rings. The highest BCUT2D eigenvalue weighted by Crippen LogP contribution is 2.22. The number of hydrogen-bond donors (Lipinski definition) is 1. The van der Waals surface area contributed by atoms with Gasteiger partial charge in [0.2, 0.25) is 5.91 Å². The molecule has 0 saturated carbocycles. The highest BCUT2D eigenvalue weighted by molar-refractivity contribution is 5.97. The first-order valence-electron chi connectivity index (χ1n) is 9.17. The lowest BCUT2D eigenvalue weighted by molar-refractivity contribution is -0.385. The predicted molar refractivity (Wildman–Crippen MR) is 105 cm³/mol. The van der Waals surface area contributed by atoms with Crippen molar-refractivity contribution in [2.45, 2.75) is 6.92 Å². The van der Waals surface area contributed by atoms with Gasteiger partial charge in [0.15, 0.2) is 0 Å². The molecule has 0 aliphatic carbocycles. The van der Waals surface area contributed by atoms with Crippen molar-refractivity contribution >= 4 is 23.2 Å². The van der Waals surface area contributed by atoms with Crippen molar-refractivity contribution in [3.63, 3.8) is 0 Å². The van der Waals surface area contributed by atoms with E-state index in [2.05, 4.69) is 10.2 Å². The van der Waals surface area contributed by atoms with Gasteiger partial charge in [-0.15, -0.1) is 0 Å². The van der Waals surface area contributed by atoms with E-state index in [-0.39, 0.29) is 23.6 Å². The fraction of sp³-hybridized carbons (Fsp3) is 0.300. The van der Waals surface area contributed by atoms with E-state index in [4.69, 9.17) is 0 Å². The number of nitrogens with zero attached hydrogens (tertiary/aromatic N) is 3. The number of benzene rings is 2. The van der Waals surface area contributed by atoms with E-state index in [1.165, 1.54) is 6.92 Å². The number of nitrogens with one attached hydrogen (secondary N) is 1. The lowest BCUT2D eigenvalue weighted by atomic mass is 10.1. The first-order chi connectivity index (χ1) is 13.9. The summed E-state index contributed by atoms with van der Waals surface area (Å²) in [7, 11) is 0. The first-order valence-corrected chi connectivity index (χ1v) is 9.17. The van der Waals surface area contributed by atoms with E-state index in [0.29, 0.717) is 26.2 Å². The molecule has 1 N–H and O–H groups in total. The number of nitro benzene ring substituents is 1. The van der Waals surface area contributed by atoms with Crippen molar-refractivity contribution in [2.24, 2.45) is 0 Å². The summed E-state index contributed by atoms with van der Waals surface area (Å²) >= 11 is 0. The molecule has 2 amide bonds. The van der Waals surface area contributed by atoms with E-state index in [1.807, 2.05) is 30.3 Å². The van der Waals surface area contributed by atoms with E-state index in [1.54, 1.807) is 4.90 Å². The molecule has 9 heteroatoms. The maximum Gasteiger partial charge on any atom is 0.276 e. The Bertz CT molecular complexity index is 928. The van der Waals surface area contributed by atoms with Crippen LogP contribution >= 0.6 is 0 Å². The molecule has 1 aliphatic heterocycles. The van der Waals surface area contributed by atoms with Gasteiger partial charge in [0.25, 0.3) is 11.6 Å². The Hall–Kier alpha value is -3.49. The largest absolute Gasteiger partial charge is 0.368 e. The number of nitro groups is 1. The molecule has 0 aromatic heterocycles. The van der Waals surface area contributed by atoms with Crippen LogP contribution < -0.4 is 10.2 Å². The summed E-state index contributed by atoms with van der Waals surface area (Å²) in [4.78, 5) is 38.7. The second kappa shape index (κ2) is 8.68. The zero-order valence-electron chi connectivity index (χ0n) is 15.9. The maximum atomic E-state index is 13.9. The summed E-state index contributed by atoms with van der Waals surface area (Å²) in [5.74, 6) is -1.83. The van der Waals surface area contributed by atoms with E-state index < -0.39 is 22.3 Å². The third kappa shape index (κ3) is 4.68. The Morgan fingerprint density at radius 2 is 1.79 bits per heavy atom. The number of carbonyl (C=O) groups excluding carboxylic acids is 2. The van der Waals surface area contributed by atoms with Crippen LogP contribution in [0.3, 0.4) is 0 Å². The molecular weight excluding hydrogens is 379 g/mol. The summed E-state index contributed by atoms with van der Waals surface area (Å²) in [6.07, 6.45) is 0. The third-order valence-corrected chi connectivity index (χ3v) is 4.93. The first kappa shape index (κ1) is 20.2. The van der Waals surface area contributed by atoms with Crippen LogP contribution in [-0.2, 0) is 4.79 Å². The van der Waals surface area contributed by atoms with Gasteiger partial charge in [-0.25, -0.2) is 4.39 Å². The highest BCUT2D eigenvalue weighted by atomic mass is 19.1. The number of amides is 2. The number of rotatable bonds is 5. The summed E-state index contributed by atoms with van der Waals surface area (Å²) < 4.78 is 13.9. The van der Waals surface area contributed by atoms with Crippen LogP contribution in [0.2, 0.25) is 0 Å². The second-order valence-corrected chi connectivity index (χ2v) is 6.75. The van der Waals surface area contributed by atoms with Gasteiger partial charge >= 0.3 is 0 Å². The Labute approximate surface area is 167 Å². The summed E-state index contributed by atoms with van der Waals surface area (Å²) in [5.41, 5.74) is 0.287. The van der Waals surface area contributed by atoms with Crippen LogP contribution in [0.4, 0.5) is 15.8 Å². The van der Waals surface area contributed by atoms with E-state index in [0.717, 1.165) is 17.8 Å². The lowest BCUT2D eigenvalue weighted by Gasteiger charge is -2.36. The predicted octanol–water partition coefficient (Wildman–Crippen LogP) is 2.12. The van der Waals surface area contributed by atoms with Crippen LogP contribution in [0.1, 0.15) is 15.9 Å². The Morgan fingerprint density at radius 3 is 2.41 bits per heavy atom. The fourth-order valence-electron chi connectivity index (χ4n) is 3.21. The Morgan fingerprint density at radius 1 is 1.14 bits per heavy atom. The minimum Gasteiger partial charge on any atom is -0.368 e. The average Bonchev–Trinajstić information content (AvgIpc) is 2.74. The number of anilines is 1. The lowest BCUT2D eigenvalue weighted by Crippen LogP contribution is -2.51. The van der Waals surface area contributed by atoms with Gasteiger partial charge in [0.1, 0.15) is 5.82 Å². The molecule has 2 aromatic rings. The molecule has 0 spiro atoms. The normalized spacial score (nSPS) is 13.9.